The number of aryl methyl sites for hydroxylation is 1. The van der Waals surface area contributed by atoms with Crippen molar-refractivity contribution in [1.82, 2.24) is 0 Å². The molecule has 0 aliphatic rings. The highest BCUT2D eigenvalue weighted by atomic mass is 31.1. The van der Waals surface area contributed by atoms with Crippen LogP contribution < -0.4 is 5.19 Å². The molecular weight excluding hydrogens is 323 g/mol. The van der Waals surface area contributed by atoms with Crippen LogP contribution >= 0.6 is 7.53 Å². The molecule has 120 valence electrons. The summed E-state index contributed by atoms with van der Waals surface area (Å²) in [6, 6.07) is 25.0. The molecule has 0 saturated carbocycles. The molecule has 0 aliphatic heterocycles. The van der Waals surface area contributed by atoms with Crippen molar-refractivity contribution in [3.8, 4) is 5.30 Å². The van der Waals surface area contributed by atoms with Crippen LogP contribution in [0.3, 0.4) is 0 Å². The maximum Gasteiger partial charge on any atom is 0.0788 e. The molecular formula is C22H23PSi. The van der Waals surface area contributed by atoms with E-state index in [-0.39, 0.29) is 0 Å². The molecule has 0 saturated heterocycles. The normalized spacial score (nSPS) is 12.9. The summed E-state index contributed by atoms with van der Waals surface area (Å²) < 4.78 is 0. The number of hydrogen-bond donors (Lipinski definition) is 0. The van der Waals surface area contributed by atoms with Gasteiger partial charge in [0.1, 0.15) is 0 Å². The number of hydrogen-bond acceptors (Lipinski definition) is 0. The number of rotatable bonds is 2. The van der Waals surface area contributed by atoms with E-state index in [9.17, 15) is 0 Å². The molecule has 24 heavy (non-hydrogen) atoms. The van der Waals surface area contributed by atoms with Crippen molar-refractivity contribution in [3.05, 3.63) is 72.3 Å². The van der Waals surface area contributed by atoms with Crippen LogP contribution in [0.2, 0.25) is 19.6 Å². The molecule has 2 heteroatoms. The van der Waals surface area contributed by atoms with E-state index < -0.39 is 15.6 Å². The van der Waals surface area contributed by atoms with E-state index in [0.717, 1.165) is 0 Å². The van der Waals surface area contributed by atoms with Crippen molar-refractivity contribution in [2.75, 3.05) is 0 Å². The lowest BCUT2D eigenvalue weighted by Crippen LogP contribution is -2.37. The summed E-state index contributed by atoms with van der Waals surface area (Å²) >= 11 is 0. The fourth-order valence-electron chi connectivity index (χ4n) is 3.66. The van der Waals surface area contributed by atoms with Gasteiger partial charge >= 0.3 is 0 Å². The van der Waals surface area contributed by atoms with Crippen LogP contribution in [0.1, 0.15) is 5.56 Å². The second-order valence-electron chi connectivity index (χ2n) is 7.65. The minimum Gasteiger partial charge on any atom is -0.0773 e. The van der Waals surface area contributed by atoms with E-state index >= 15 is 0 Å². The largest absolute Gasteiger partial charge is 0.0788 e. The molecule has 1 aromatic heterocycles. The molecule has 0 aliphatic carbocycles. The van der Waals surface area contributed by atoms with Gasteiger partial charge in [0.15, 0.2) is 0 Å². The Bertz CT molecular complexity index is 1040. The summed E-state index contributed by atoms with van der Waals surface area (Å²) in [6.45, 7) is 9.67. The van der Waals surface area contributed by atoms with Gasteiger partial charge in [-0.15, -0.1) is 0 Å². The van der Waals surface area contributed by atoms with Crippen LogP contribution in [0.5, 0.6) is 0 Å². The van der Waals surface area contributed by atoms with E-state index in [1.165, 1.54) is 26.8 Å². The van der Waals surface area contributed by atoms with Crippen LogP contribution in [-0.2, 0) is 0 Å². The van der Waals surface area contributed by atoms with Crippen molar-refractivity contribution in [3.63, 3.8) is 0 Å². The van der Waals surface area contributed by atoms with Crippen molar-refractivity contribution < 1.29 is 0 Å². The molecule has 4 rings (SSSR count). The van der Waals surface area contributed by atoms with Gasteiger partial charge in [0.05, 0.1) is 8.07 Å². The van der Waals surface area contributed by atoms with Gasteiger partial charge in [0.25, 0.3) is 0 Å². The molecule has 1 heterocycles. The lowest BCUT2D eigenvalue weighted by atomic mass is 10.1. The Labute approximate surface area is 146 Å². The summed E-state index contributed by atoms with van der Waals surface area (Å²) in [5.74, 6) is 0. The summed E-state index contributed by atoms with van der Waals surface area (Å²) in [5.41, 5.74) is 1.39. The zero-order valence-electron chi connectivity index (χ0n) is 14.8. The fourth-order valence-corrected chi connectivity index (χ4v) is 9.16. The van der Waals surface area contributed by atoms with Crippen molar-refractivity contribution in [2.45, 2.75) is 26.6 Å². The monoisotopic (exact) mass is 346 g/mol. The molecule has 4 aromatic rings. The van der Waals surface area contributed by atoms with Crippen molar-refractivity contribution >= 4 is 41.8 Å². The second-order valence-corrected chi connectivity index (χ2v) is 14.8. The maximum atomic E-state index is 2.48. The molecule has 0 bridgehead atoms. The van der Waals surface area contributed by atoms with Gasteiger partial charge in [0, 0.05) is 10.2 Å². The first-order chi connectivity index (χ1) is 11.5. The average molecular weight is 346 g/mol. The van der Waals surface area contributed by atoms with E-state index in [4.69, 9.17) is 0 Å². The average Bonchev–Trinajstić information content (AvgIpc) is 2.88. The summed E-state index contributed by atoms with van der Waals surface area (Å²) in [4.78, 5) is 0. The standard InChI is InChI=1S/C22H23PSi/c1-16-14-19-18-12-8-9-13-20(18)23(17-10-6-5-7-11-17)22(19)21(15-16)24(2,3)4/h5-15H,1-4H3. The Kier molecular flexibility index (Phi) is 3.67. The minimum atomic E-state index is -1.42. The van der Waals surface area contributed by atoms with Crippen LogP contribution in [-0.4, -0.2) is 8.07 Å². The van der Waals surface area contributed by atoms with Gasteiger partial charge < -0.3 is 0 Å². The zero-order chi connectivity index (χ0) is 16.9. The lowest BCUT2D eigenvalue weighted by Gasteiger charge is -2.20. The van der Waals surface area contributed by atoms with E-state index in [0.29, 0.717) is 0 Å². The maximum absolute atomic E-state index is 2.48. The number of fused-ring (bicyclic) bond motifs is 3. The van der Waals surface area contributed by atoms with Gasteiger partial charge in [0.2, 0.25) is 0 Å². The topological polar surface area (TPSA) is 0 Å². The third kappa shape index (κ3) is 2.44. The molecule has 0 fully saturated rings. The summed E-state index contributed by atoms with van der Waals surface area (Å²) in [5, 5.41) is 9.20. The first kappa shape index (κ1) is 15.7. The van der Waals surface area contributed by atoms with Gasteiger partial charge in [-0.3, -0.25) is 0 Å². The molecule has 0 nitrogen and oxygen atoms in total. The third-order valence-corrected chi connectivity index (χ3v) is 9.57. The van der Waals surface area contributed by atoms with E-state index in [1.807, 2.05) is 0 Å². The smallest absolute Gasteiger partial charge is 0.0773 e. The quantitative estimate of drug-likeness (QED) is 0.349. The van der Waals surface area contributed by atoms with Crippen molar-refractivity contribution in [2.24, 2.45) is 0 Å². The zero-order valence-corrected chi connectivity index (χ0v) is 16.7. The van der Waals surface area contributed by atoms with Gasteiger partial charge in [-0.05, 0) is 28.2 Å². The lowest BCUT2D eigenvalue weighted by molar-refractivity contribution is 1.52. The molecule has 0 radical (unpaired) electrons. The molecule has 0 amide bonds. The first-order valence-corrected chi connectivity index (χ1v) is 13.4. The number of benzene rings is 3. The van der Waals surface area contributed by atoms with Crippen LogP contribution in [0.4, 0.5) is 0 Å². The Balaban J connectivity index is 2.28. The Morgan fingerprint density at radius 1 is 0.750 bits per heavy atom. The predicted molar refractivity (Wildman–Crippen MR) is 113 cm³/mol. The molecule has 0 N–H and O–H groups in total. The van der Waals surface area contributed by atoms with Crippen LogP contribution in [0, 0.1) is 6.92 Å². The van der Waals surface area contributed by atoms with E-state index in [2.05, 4.69) is 93.3 Å². The Hall–Kier alpha value is -1.82. The SMILES string of the molecule is Cc1cc([Si](C)(C)C)c2c(c1)c1ccccc1p2-c1ccccc1. The third-order valence-electron chi connectivity index (χ3n) is 4.74. The van der Waals surface area contributed by atoms with Crippen LogP contribution in [0.15, 0.2) is 66.7 Å². The minimum absolute atomic E-state index is 0.435. The second kappa shape index (κ2) is 5.62. The van der Waals surface area contributed by atoms with Gasteiger partial charge in [-0.25, -0.2) is 0 Å². The molecule has 3 aromatic carbocycles. The highest BCUT2D eigenvalue weighted by Crippen LogP contribution is 2.54. The van der Waals surface area contributed by atoms with Gasteiger partial charge in [-0.1, -0.05) is 99.5 Å². The van der Waals surface area contributed by atoms with Crippen LogP contribution in [0.25, 0.3) is 26.3 Å². The predicted octanol–water partition coefficient (Wildman–Crippen LogP) is 6.82. The van der Waals surface area contributed by atoms with Crippen molar-refractivity contribution in [1.29, 1.82) is 0 Å². The first-order valence-electron chi connectivity index (χ1n) is 8.56. The van der Waals surface area contributed by atoms with E-state index in [1.54, 1.807) is 10.3 Å². The molecule has 1 unspecified atom stereocenters. The summed E-state index contributed by atoms with van der Waals surface area (Å²) in [6.07, 6.45) is 0. The highest BCUT2D eigenvalue weighted by Gasteiger charge is 2.24. The highest BCUT2D eigenvalue weighted by molar-refractivity contribution is 7.68. The Morgan fingerprint density at radius 2 is 1.42 bits per heavy atom. The fraction of sp³-hybridized carbons (Fsp3) is 0.182. The molecule has 0 spiro atoms. The van der Waals surface area contributed by atoms with Gasteiger partial charge in [-0.2, -0.15) is 0 Å². The summed E-state index contributed by atoms with van der Waals surface area (Å²) in [7, 11) is -1.85. The molecule has 1 atom stereocenters. The Morgan fingerprint density at radius 3 is 2.12 bits per heavy atom.